The number of thiophene rings is 1. The van der Waals surface area contributed by atoms with Crippen molar-refractivity contribution in [3.63, 3.8) is 0 Å². The van der Waals surface area contributed by atoms with Crippen LogP contribution < -0.4 is 0 Å². The van der Waals surface area contributed by atoms with Crippen molar-refractivity contribution in [2.75, 3.05) is 0 Å². The average molecular weight is 528 g/mol. The van der Waals surface area contributed by atoms with Crippen molar-refractivity contribution in [1.82, 2.24) is 0 Å². The maximum atomic E-state index is 9.91. The fraction of sp³-hybridized carbons (Fsp3) is 0. The smallest absolute Gasteiger partial charge is 0.136 e. The predicted octanol–water partition coefficient (Wildman–Crippen LogP) is 10.8. The number of benzene rings is 6. The second-order valence-electron chi connectivity index (χ2n) is 10.0. The Morgan fingerprint density at radius 1 is 0.500 bits per heavy atom. The first-order valence-corrected chi connectivity index (χ1v) is 14.1. The van der Waals surface area contributed by atoms with Gasteiger partial charge in [-0.15, -0.1) is 11.3 Å². The first-order chi connectivity index (χ1) is 19.8. The van der Waals surface area contributed by atoms with E-state index in [1.54, 1.807) is 0 Å². The van der Waals surface area contributed by atoms with Gasteiger partial charge in [0.1, 0.15) is 11.2 Å². The van der Waals surface area contributed by atoms with E-state index in [0.717, 1.165) is 49.8 Å². The summed E-state index contributed by atoms with van der Waals surface area (Å²) in [6.45, 7) is 0. The summed E-state index contributed by atoms with van der Waals surface area (Å²) in [5.41, 5.74) is 8.85. The molecule has 8 rings (SSSR count). The molecule has 0 spiro atoms. The molecule has 8 aromatic rings. The van der Waals surface area contributed by atoms with Crippen LogP contribution in [0.15, 0.2) is 132 Å². The molecule has 2 nitrogen and oxygen atoms in total. The second-order valence-corrected chi connectivity index (χ2v) is 11.1. The molecule has 0 aliphatic rings. The third-order valence-electron chi connectivity index (χ3n) is 7.72. The summed E-state index contributed by atoms with van der Waals surface area (Å²) >= 11 is 1.83. The van der Waals surface area contributed by atoms with Crippen molar-refractivity contribution in [3.05, 3.63) is 133 Å². The van der Waals surface area contributed by atoms with E-state index in [9.17, 15) is 5.26 Å². The summed E-state index contributed by atoms with van der Waals surface area (Å²) in [5.74, 6) is 0. The van der Waals surface area contributed by atoms with Crippen LogP contribution in [0.3, 0.4) is 0 Å². The number of para-hydroxylation sites is 1. The molecular weight excluding hydrogens is 506 g/mol. The van der Waals surface area contributed by atoms with E-state index in [0.29, 0.717) is 5.56 Å². The molecule has 2 aromatic heterocycles. The fourth-order valence-electron chi connectivity index (χ4n) is 5.86. The van der Waals surface area contributed by atoms with E-state index >= 15 is 0 Å². The van der Waals surface area contributed by atoms with Crippen LogP contribution in [-0.2, 0) is 0 Å². The van der Waals surface area contributed by atoms with Crippen molar-refractivity contribution in [1.29, 1.82) is 5.26 Å². The number of furan rings is 1. The Hall–Kier alpha value is -5.17. The van der Waals surface area contributed by atoms with E-state index in [4.69, 9.17) is 4.42 Å². The van der Waals surface area contributed by atoms with Crippen molar-refractivity contribution < 1.29 is 4.42 Å². The van der Waals surface area contributed by atoms with Crippen molar-refractivity contribution >= 4 is 53.4 Å². The summed E-state index contributed by atoms with van der Waals surface area (Å²) in [6, 6.07) is 46.7. The lowest BCUT2D eigenvalue weighted by Gasteiger charge is -2.13. The van der Waals surface area contributed by atoms with E-state index in [2.05, 4.69) is 91.0 Å². The quantitative estimate of drug-likeness (QED) is 0.229. The van der Waals surface area contributed by atoms with Gasteiger partial charge in [-0.25, -0.2) is 0 Å². The zero-order valence-corrected chi connectivity index (χ0v) is 22.2. The van der Waals surface area contributed by atoms with Gasteiger partial charge in [0.25, 0.3) is 0 Å². The summed E-state index contributed by atoms with van der Waals surface area (Å²) in [7, 11) is 0. The third kappa shape index (κ3) is 3.55. The molecule has 0 saturated carbocycles. The normalized spacial score (nSPS) is 11.5. The van der Waals surface area contributed by atoms with Crippen molar-refractivity contribution in [3.8, 4) is 39.4 Å². The average Bonchev–Trinajstić information content (AvgIpc) is 3.58. The zero-order valence-electron chi connectivity index (χ0n) is 21.4. The second kappa shape index (κ2) is 8.95. The number of rotatable bonds is 3. The molecular formula is C37H21NOS. The van der Waals surface area contributed by atoms with Gasteiger partial charge in [0.15, 0.2) is 0 Å². The minimum atomic E-state index is 0.664. The molecule has 3 heteroatoms. The van der Waals surface area contributed by atoms with Gasteiger partial charge < -0.3 is 4.42 Å². The molecule has 186 valence electrons. The molecule has 0 unspecified atom stereocenters. The summed E-state index contributed by atoms with van der Waals surface area (Å²) < 4.78 is 8.79. The van der Waals surface area contributed by atoms with Crippen molar-refractivity contribution in [2.24, 2.45) is 0 Å². The van der Waals surface area contributed by atoms with Crippen LogP contribution in [-0.4, -0.2) is 0 Å². The van der Waals surface area contributed by atoms with Gasteiger partial charge in [0.05, 0.1) is 11.6 Å². The lowest BCUT2D eigenvalue weighted by atomic mass is 9.90. The highest BCUT2D eigenvalue weighted by Crippen LogP contribution is 2.42. The minimum Gasteiger partial charge on any atom is -0.456 e. The van der Waals surface area contributed by atoms with E-state index in [-0.39, 0.29) is 0 Å². The molecule has 0 radical (unpaired) electrons. The summed E-state index contributed by atoms with van der Waals surface area (Å²) in [5, 5.41) is 14.7. The van der Waals surface area contributed by atoms with Crippen LogP contribution in [0.4, 0.5) is 0 Å². The highest BCUT2D eigenvalue weighted by atomic mass is 32.1. The Morgan fingerprint density at radius 3 is 2.08 bits per heavy atom. The zero-order chi connectivity index (χ0) is 26.6. The number of nitriles is 1. The van der Waals surface area contributed by atoms with E-state index in [1.165, 1.54) is 25.7 Å². The van der Waals surface area contributed by atoms with Crippen molar-refractivity contribution in [2.45, 2.75) is 0 Å². The molecule has 0 aliphatic carbocycles. The Bertz CT molecular complexity index is 2300. The first-order valence-electron chi connectivity index (χ1n) is 13.2. The standard InChI is InChI=1S/C37H21NOS/c38-22-24-8-1-2-9-28(24)26-18-25(23-16-17-31-30-10-3-5-13-33(30)39-34(31)21-23)19-27(20-26)29-12-7-15-36-37(29)32-11-4-6-14-35(32)40-36/h1-21H. The third-order valence-corrected chi connectivity index (χ3v) is 8.85. The van der Waals surface area contributed by atoms with Gasteiger partial charge in [-0.1, -0.05) is 72.8 Å². The molecule has 2 heterocycles. The van der Waals surface area contributed by atoms with Gasteiger partial charge in [-0.2, -0.15) is 5.26 Å². The van der Waals surface area contributed by atoms with E-state index in [1.807, 2.05) is 53.8 Å². The van der Waals surface area contributed by atoms with Crippen LogP contribution in [0.2, 0.25) is 0 Å². The Labute approximate surface area is 235 Å². The number of nitrogens with zero attached hydrogens (tertiary/aromatic N) is 1. The highest BCUT2D eigenvalue weighted by molar-refractivity contribution is 7.25. The van der Waals surface area contributed by atoms with Gasteiger partial charge in [0, 0.05) is 30.9 Å². The van der Waals surface area contributed by atoms with Gasteiger partial charge in [-0.3, -0.25) is 0 Å². The first kappa shape index (κ1) is 22.8. The molecule has 0 N–H and O–H groups in total. The lowest BCUT2D eigenvalue weighted by molar-refractivity contribution is 0.669. The van der Waals surface area contributed by atoms with Crippen LogP contribution in [0.1, 0.15) is 5.56 Å². The molecule has 0 saturated heterocycles. The van der Waals surface area contributed by atoms with Gasteiger partial charge >= 0.3 is 0 Å². The summed E-state index contributed by atoms with van der Waals surface area (Å²) in [4.78, 5) is 0. The Morgan fingerprint density at radius 2 is 1.18 bits per heavy atom. The molecule has 0 aliphatic heterocycles. The fourth-order valence-corrected chi connectivity index (χ4v) is 6.99. The number of fused-ring (bicyclic) bond motifs is 6. The number of hydrogen-bond donors (Lipinski definition) is 0. The molecule has 0 bridgehead atoms. The Balaban J connectivity index is 1.41. The van der Waals surface area contributed by atoms with Crippen LogP contribution in [0.25, 0.3) is 75.5 Å². The van der Waals surface area contributed by atoms with Gasteiger partial charge in [0.2, 0.25) is 0 Å². The molecule has 0 atom stereocenters. The largest absolute Gasteiger partial charge is 0.456 e. The van der Waals surface area contributed by atoms with E-state index < -0.39 is 0 Å². The summed E-state index contributed by atoms with van der Waals surface area (Å²) in [6.07, 6.45) is 0. The monoisotopic (exact) mass is 527 g/mol. The maximum Gasteiger partial charge on any atom is 0.136 e. The molecule has 0 amide bonds. The SMILES string of the molecule is N#Cc1ccccc1-c1cc(-c2ccc3c(c2)oc2ccccc23)cc(-c2cccc3sc4ccccc4c23)c1. The Kier molecular flexibility index (Phi) is 5.10. The number of hydrogen-bond acceptors (Lipinski definition) is 3. The lowest BCUT2D eigenvalue weighted by Crippen LogP contribution is -1.89. The minimum absolute atomic E-state index is 0.664. The predicted molar refractivity (Wildman–Crippen MR) is 168 cm³/mol. The maximum absolute atomic E-state index is 9.91. The van der Waals surface area contributed by atoms with Crippen LogP contribution in [0, 0.1) is 11.3 Å². The molecule has 40 heavy (non-hydrogen) atoms. The van der Waals surface area contributed by atoms with Crippen LogP contribution in [0.5, 0.6) is 0 Å². The van der Waals surface area contributed by atoms with Gasteiger partial charge in [-0.05, 0) is 88.0 Å². The molecule has 6 aromatic carbocycles. The molecule has 0 fully saturated rings. The van der Waals surface area contributed by atoms with Crippen LogP contribution >= 0.6 is 11.3 Å². The topological polar surface area (TPSA) is 36.9 Å². The highest BCUT2D eigenvalue weighted by Gasteiger charge is 2.15.